The zero-order valence-electron chi connectivity index (χ0n) is 10.6. The number of aliphatic hydroxyl groups is 3. The molecule has 2 aromatic heterocycles. The number of ether oxygens (including phenoxy) is 1. The molecule has 0 amide bonds. The van der Waals surface area contributed by atoms with Gasteiger partial charge in [0.05, 0.1) is 11.5 Å². The van der Waals surface area contributed by atoms with Crippen LogP contribution in [-0.4, -0.2) is 59.8 Å². The van der Waals surface area contributed by atoms with Gasteiger partial charge in [-0.25, -0.2) is 9.50 Å². The van der Waals surface area contributed by atoms with Crippen LogP contribution in [0.3, 0.4) is 0 Å². The molecule has 1 fully saturated rings. The fourth-order valence-electron chi connectivity index (χ4n) is 2.28. The van der Waals surface area contributed by atoms with Crippen LogP contribution in [0, 0.1) is 10.1 Å². The highest BCUT2D eigenvalue weighted by molar-refractivity contribution is 5.58. The van der Waals surface area contributed by atoms with Crippen LogP contribution in [0.1, 0.15) is 11.9 Å². The SMILES string of the molecule is O=[N+]([O-])c1cccn2nc([C@H]3O[C@@H](CO)[C@@H](O)[C@H]3O)nc12. The molecule has 1 saturated heterocycles. The molecule has 10 nitrogen and oxygen atoms in total. The molecule has 0 radical (unpaired) electrons. The predicted molar refractivity (Wildman–Crippen MR) is 66.4 cm³/mol. The Bertz CT molecular complexity index is 688. The summed E-state index contributed by atoms with van der Waals surface area (Å²) in [5, 5.41) is 43.6. The zero-order chi connectivity index (χ0) is 15.1. The standard InChI is InChI=1S/C11H12N4O6/c16-4-6-7(17)8(18)9(21-6)10-12-11-5(15(19)20)2-1-3-14(11)13-10/h1-3,6-9,16-18H,4H2/t6-,7+,8+,9-/m0/s1. The summed E-state index contributed by atoms with van der Waals surface area (Å²) >= 11 is 0. The predicted octanol–water partition coefficient (Wildman–Crippen LogP) is -1.21. The van der Waals surface area contributed by atoms with E-state index in [1.165, 1.54) is 22.8 Å². The second-order valence-corrected chi connectivity index (χ2v) is 4.65. The lowest BCUT2D eigenvalue weighted by atomic mass is 10.1. The Morgan fingerprint density at radius 3 is 2.81 bits per heavy atom. The van der Waals surface area contributed by atoms with Crippen molar-refractivity contribution in [1.29, 1.82) is 0 Å². The molecular weight excluding hydrogens is 284 g/mol. The first kappa shape index (κ1) is 13.8. The summed E-state index contributed by atoms with van der Waals surface area (Å²) in [6, 6.07) is 2.73. The average Bonchev–Trinajstić information content (AvgIpc) is 3.01. The van der Waals surface area contributed by atoms with Crippen LogP contribution in [-0.2, 0) is 4.74 Å². The molecule has 3 heterocycles. The molecule has 10 heteroatoms. The average molecular weight is 296 g/mol. The Hall–Kier alpha value is -2.14. The molecule has 0 unspecified atom stereocenters. The van der Waals surface area contributed by atoms with Gasteiger partial charge in [0, 0.05) is 12.3 Å². The van der Waals surface area contributed by atoms with Gasteiger partial charge in [-0.1, -0.05) is 0 Å². The van der Waals surface area contributed by atoms with E-state index in [0.717, 1.165) is 0 Å². The molecule has 0 aliphatic carbocycles. The van der Waals surface area contributed by atoms with E-state index < -0.39 is 35.9 Å². The molecular formula is C11H12N4O6. The molecule has 0 saturated carbocycles. The monoisotopic (exact) mass is 296 g/mol. The van der Waals surface area contributed by atoms with Crippen LogP contribution >= 0.6 is 0 Å². The highest BCUT2D eigenvalue weighted by Crippen LogP contribution is 2.32. The fourth-order valence-corrected chi connectivity index (χ4v) is 2.28. The van der Waals surface area contributed by atoms with Crippen LogP contribution in [0.4, 0.5) is 5.69 Å². The van der Waals surface area contributed by atoms with E-state index in [4.69, 9.17) is 9.84 Å². The smallest absolute Gasteiger partial charge is 0.313 e. The fraction of sp³-hybridized carbons (Fsp3) is 0.455. The third-order valence-corrected chi connectivity index (χ3v) is 3.35. The lowest BCUT2D eigenvalue weighted by Crippen LogP contribution is -2.32. The summed E-state index contributed by atoms with van der Waals surface area (Å²) in [4.78, 5) is 14.3. The molecule has 112 valence electrons. The van der Waals surface area contributed by atoms with Crippen LogP contribution in [0.15, 0.2) is 18.3 Å². The van der Waals surface area contributed by atoms with E-state index >= 15 is 0 Å². The lowest BCUT2D eigenvalue weighted by Gasteiger charge is -2.10. The summed E-state index contributed by atoms with van der Waals surface area (Å²) in [6.45, 7) is -0.470. The van der Waals surface area contributed by atoms with Crippen LogP contribution in [0.25, 0.3) is 5.65 Å². The van der Waals surface area contributed by atoms with Crippen molar-refractivity contribution < 1.29 is 25.0 Å². The van der Waals surface area contributed by atoms with Gasteiger partial charge in [-0.05, 0) is 6.07 Å². The maximum Gasteiger partial charge on any atom is 0.313 e. The Labute approximate surface area is 117 Å². The summed E-state index contributed by atoms with van der Waals surface area (Å²) in [5.74, 6) is 0.00630. The van der Waals surface area contributed by atoms with Gasteiger partial charge in [0.1, 0.15) is 24.4 Å². The normalized spacial score (nSPS) is 29.1. The lowest BCUT2D eigenvalue weighted by molar-refractivity contribution is -0.383. The Kier molecular flexibility index (Phi) is 3.29. The van der Waals surface area contributed by atoms with Crippen LogP contribution < -0.4 is 0 Å². The van der Waals surface area contributed by atoms with E-state index in [2.05, 4.69) is 10.1 Å². The third-order valence-electron chi connectivity index (χ3n) is 3.35. The molecule has 1 aliphatic rings. The van der Waals surface area contributed by atoms with Crippen molar-refractivity contribution >= 4 is 11.3 Å². The first-order valence-corrected chi connectivity index (χ1v) is 6.15. The molecule has 0 bridgehead atoms. The number of hydrogen-bond acceptors (Lipinski definition) is 8. The summed E-state index contributed by atoms with van der Waals surface area (Å²) in [6.07, 6.45) is -3.14. The van der Waals surface area contributed by atoms with E-state index in [1.54, 1.807) is 0 Å². The topological polar surface area (TPSA) is 143 Å². The van der Waals surface area contributed by atoms with Crippen molar-refractivity contribution in [3.8, 4) is 0 Å². The second kappa shape index (κ2) is 5.00. The van der Waals surface area contributed by atoms with Crippen molar-refractivity contribution in [2.24, 2.45) is 0 Å². The van der Waals surface area contributed by atoms with Gasteiger partial charge in [0.15, 0.2) is 5.82 Å². The summed E-state index contributed by atoms with van der Waals surface area (Å²) < 4.78 is 6.49. The molecule has 3 rings (SSSR count). The molecule has 2 aromatic rings. The van der Waals surface area contributed by atoms with Gasteiger partial charge < -0.3 is 20.1 Å². The maximum absolute atomic E-state index is 10.9. The summed E-state index contributed by atoms with van der Waals surface area (Å²) in [7, 11) is 0. The van der Waals surface area contributed by atoms with Crippen molar-refractivity contribution in [2.45, 2.75) is 24.4 Å². The number of fused-ring (bicyclic) bond motifs is 1. The Morgan fingerprint density at radius 2 is 2.19 bits per heavy atom. The number of rotatable bonds is 3. The Morgan fingerprint density at radius 1 is 1.43 bits per heavy atom. The van der Waals surface area contributed by atoms with E-state index in [1.807, 2.05) is 0 Å². The minimum Gasteiger partial charge on any atom is -0.394 e. The van der Waals surface area contributed by atoms with Crippen molar-refractivity contribution in [3.63, 3.8) is 0 Å². The third kappa shape index (κ3) is 2.14. The minimum atomic E-state index is -1.32. The first-order valence-electron chi connectivity index (χ1n) is 6.15. The second-order valence-electron chi connectivity index (χ2n) is 4.65. The molecule has 21 heavy (non-hydrogen) atoms. The number of aromatic nitrogens is 3. The highest BCUT2D eigenvalue weighted by atomic mass is 16.6. The molecule has 0 aromatic carbocycles. The first-order chi connectivity index (χ1) is 10.0. The van der Waals surface area contributed by atoms with Gasteiger partial charge in [-0.2, -0.15) is 0 Å². The van der Waals surface area contributed by atoms with Gasteiger partial charge >= 0.3 is 5.69 Å². The minimum absolute atomic E-state index is 0.00630. The van der Waals surface area contributed by atoms with Crippen LogP contribution in [0.5, 0.6) is 0 Å². The zero-order valence-corrected chi connectivity index (χ0v) is 10.6. The Balaban J connectivity index is 2.02. The number of pyridine rings is 1. The van der Waals surface area contributed by atoms with Crippen molar-refractivity contribution in [3.05, 3.63) is 34.3 Å². The number of aliphatic hydroxyl groups excluding tert-OH is 3. The molecule has 4 atom stereocenters. The van der Waals surface area contributed by atoms with E-state index in [9.17, 15) is 20.3 Å². The molecule has 1 aliphatic heterocycles. The summed E-state index contributed by atoms with van der Waals surface area (Å²) in [5.41, 5.74) is -0.224. The van der Waals surface area contributed by atoms with Gasteiger partial charge in [0.25, 0.3) is 0 Å². The largest absolute Gasteiger partial charge is 0.394 e. The number of hydrogen-bond donors (Lipinski definition) is 3. The van der Waals surface area contributed by atoms with Gasteiger partial charge in [-0.15, -0.1) is 5.10 Å². The van der Waals surface area contributed by atoms with E-state index in [0.29, 0.717) is 0 Å². The highest BCUT2D eigenvalue weighted by Gasteiger charge is 2.45. The molecule has 0 spiro atoms. The van der Waals surface area contributed by atoms with E-state index in [-0.39, 0.29) is 17.2 Å². The number of nitro groups is 1. The number of nitrogens with zero attached hydrogens (tertiary/aromatic N) is 4. The van der Waals surface area contributed by atoms with Crippen molar-refractivity contribution in [1.82, 2.24) is 14.6 Å². The van der Waals surface area contributed by atoms with Gasteiger partial charge in [-0.3, -0.25) is 10.1 Å². The quantitative estimate of drug-likeness (QED) is 0.473. The van der Waals surface area contributed by atoms with Gasteiger partial charge in [0.2, 0.25) is 5.65 Å². The van der Waals surface area contributed by atoms with Crippen molar-refractivity contribution in [2.75, 3.05) is 6.61 Å². The van der Waals surface area contributed by atoms with Crippen LogP contribution in [0.2, 0.25) is 0 Å². The molecule has 3 N–H and O–H groups in total. The maximum atomic E-state index is 10.9.